The number of hydrogen-bond acceptors (Lipinski definition) is 3. The van der Waals surface area contributed by atoms with Crippen LogP contribution in [0, 0.1) is 11.8 Å². The highest BCUT2D eigenvalue weighted by Crippen LogP contribution is 2.50. The molecule has 2 aliphatic rings. The highest BCUT2D eigenvalue weighted by Gasteiger charge is 2.54. The van der Waals surface area contributed by atoms with Crippen LogP contribution in [-0.4, -0.2) is 18.1 Å². The van der Waals surface area contributed by atoms with Crippen LogP contribution in [0.25, 0.3) is 0 Å². The van der Waals surface area contributed by atoms with Crippen molar-refractivity contribution in [3.8, 4) is 0 Å². The molecule has 3 heteroatoms. The van der Waals surface area contributed by atoms with Crippen molar-refractivity contribution in [2.75, 3.05) is 6.54 Å². The van der Waals surface area contributed by atoms with Gasteiger partial charge in [0.2, 0.25) is 0 Å². The van der Waals surface area contributed by atoms with Crippen LogP contribution in [-0.2, 0) is 14.9 Å². The summed E-state index contributed by atoms with van der Waals surface area (Å²) in [4.78, 5) is 13.5. The molecule has 2 N–H and O–H groups in total. The van der Waals surface area contributed by atoms with E-state index in [1.165, 1.54) is 12.8 Å². The van der Waals surface area contributed by atoms with Crippen LogP contribution < -0.4 is 5.73 Å². The van der Waals surface area contributed by atoms with Gasteiger partial charge in [0.1, 0.15) is 5.60 Å². The molecule has 2 saturated carbocycles. The normalized spacial score (nSPS) is 30.7. The van der Waals surface area contributed by atoms with E-state index in [1.807, 2.05) is 24.3 Å². The number of esters is 1. The van der Waals surface area contributed by atoms with Crippen LogP contribution in [0.5, 0.6) is 0 Å². The Balaban J connectivity index is 1.85. The largest absolute Gasteiger partial charge is 0.458 e. The number of allylic oxidation sites excluding steroid dienone is 1. The van der Waals surface area contributed by atoms with Crippen molar-refractivity contribution < 1.29 is 9.53 Å². The van der Waals surface area contributed by atoms with Crippen molar-refractivity contribution in [3.63, 3.8) is 0 Å². The molecule has 0 saturated heterocycles. The summed E-state index contributed by atoms with van der Waals surface area (Å²) in [6.07, 6.45) is 10.1. The van der Waals surface area contributed by atoms with Crippen molar-refractivity contribution in [2.24, 2.45) is 17.6 Å². The number of benzene rings is 1. The molecule has 1 aromatic carbocycles. The monoisotopic (exact) mass is 355 g/mol. The predicted molar refractivity (Wildman–Crippen MR) is 106 cm³/mol. The Morgan fingerprint density at radius 1 is 1.23 bits per heavy atom. The van der Waals surface area contributed by atoms with Gasteiger partial charge in [0.25, 0.3) is 0 Å². The summed E-state index contributed by atoms with van der Waals surface area (Å²) in [5.41, 5.74) is 6.02. The lowest BCUT2D eigenvalue weighted by Gasteiger charge is -2.52. The van der Waals surface area contributed by atoms with Gasteiger partial charge in [-0.15, -0.1) is 6.58 Å². The molecule has 26 heavy (non-hydrogen) atoms. The van der Waals surface area contributed by atoms with Gasteiger partial charge in [-0.3, -0.25) is 4.79 Å². The maximum absolute atomic E-state index is 13.5. The SMILES string of the molecule is C=CC1C[C@](C)(OC(=O)C2(c3ccccc3)CCCCCC2)C1CCN. The first kappa shape index (κ1) is 19.2. The second-order valence-electron chi connectivity index (χ2n) is 8.35. The quantitative estimate of drug-likeness (QED) is 0.455. The minimum Gasteiger partial charge on any atom is -0.458 e. The molecule has 0 aliphatic heterocycles. The number of ether oxygens (including phenoxy) is 1. The number of rotatable bonds is 6. The summed E-state index contributed by atoms with van der Waals surface area (Å²) in [6, 6.07) is 10.3. The average molecular weight is 356 g/mol. The van der Waals surface area contributed by atoms with Crippen LogP contribution in [0.2, 0.25) is 0 Å². The Kier molecular flexibility index (Phi) is 5.86. The summed E-state index contributed by atoms with van der Waals surface area (Å²) >= 11 is 0. The average Bonchev–Trinajstić information content (AvgIpc) is 2.92. The van der Waals surface area contributed by atoms with Gasteiger partial charge in [-0.25, -0.2) is 0 Å². The summed E-state index contributed by atoms with van der Waals surface area (Å²) in [5, 5.41) is 0. The van der Waals surface area contributed by atoms with Crippen LogP contribution in [0.15, 0.2) is 43.0 Å². The lowest BCUT2D eigenvalue weighted by atomic mass is 9.60. The minimum absolute atomic E-state index is 0.0300. The molecule has 2 fully saturated rings. The zero-order chi connectivity index (χ0) is 18.6. The van der Waals surface area contributed by atoms with Gasteiger partial charge in [-0.05, 0) is 50.6 Å². The minimum atomic E-state index is -0.493. The summed E-state index contributed by atoms with van der Waals surface area (Å²) in [7, 11) is 0. The molecule has 3 rings (SSSR count). The maximum Gasteiger partial charge on any atom is 0.317 e. The van der Waals surface area contributed by atoms with Crippen LogP contribution in [0.3, 0.4) is 0 Å². The van der Waals surface area contributed by atoms with Gasteiger partial charge in [0, 0.05) is 5.92 Å². The molecule has 2 aliphatic carbocycles. The van der Waals surface area contributed by atoms with Gasteiger partial charge in [0.05, 0.1) is 5.41 Å². The Morgan fingerprint density at radius 2 is 1.88 bits per heavy atom. The molecule has 3 nitrogen and oxygen atoms in total. The molecule has 1 aromatic rings. The lowest BCUT2D eigenvalue weighted by Crippen LogP contribution is -2.56. The van der Waals surface area contributed by atoms with Crippen LogP contribution >= 0.6 is 0 Å². The van der Waals surface area contributed by atoms with Gasteiger partial charge in [-0.1, -0.05) is 62.1 Å². The van der Waals surface area contributed by atoms with Gasteiger partial charge in [0.15, 0.2) is 0 Å². The van der Waals surface area contributed by atoms with E-state index in [-0.39, 0.29) is 11.9 Å². The molecule has 0 heterocycles. The van der Waals surface area contributed by atoms with Gasteiger partial charge in [-0.2, -0.15) is 0 Å². The molecule has 0 radical (unpaired) electrons. The number of carbonyl (C=O) groups is 1. The topological polar surface area (TPSA) is 52.3 Å². The van der Waals surface area contributed by atoms with Crippen molar-refractivity contribution in [1.82, 2.24) is 0 Å². The molecule has 2 unspecified atom stereocenters. The first-order chi connectivity index (χ1) is 12.6. The Hall–Kier alpha value is -1.61. The second-order valence-corrected chi connectivity index (χ2v) is 8.35. The zero-order valence-electron chi connectivity index (χ0n) is 16.1. The second kappa shape index (κ2) is 7.96. The fourth-order valence-electron chi connectivity index (χ4n) is 5.13. The number of hydrogen-bond donors (Lipinski definition) is 1. The molecule has 142 valence electrons. The molecule has 0 aromatic heterocycles. The highest BCUT2D eigenvalue weighted by molar-refractivity contribution is 5.83. The van der Waals surface area contributed by atoms with Crippen molar-refractivity contribution in [2.45, 2.75) is 69.3 Å². The van der Waals surface area contributed by atoms with Crippen LogP contribution in [0.1, 0.15) is 63.9 Å². The number of carbonyl (C=O) groups excluding carboxylic acids is 1. The number of nitrogens with two attached hydrogens (primary N) is 1. The Labute approximate surface area is 158 Å². The molecular formula is C23H33NO2. The van der Waals surface area contributed by atoms with E-state index >= 15 is 0 Å². The summed E-state index contributed by atoms with van der Waals surface area (Å²) < 4.78 is 6.28. The maximum atomic E-state index is 13.5. The van der Waals surface area contributed by atoms with E-state index in [1.54, 1.807) is 0 Å². The zero-order valence-corrected chi connectivity index (χ0v) is 16.1. The molecule has 3 atom stereocenters. The fraction of sp³-hybridized carbons (Fsp3) is 0.609. The fourth-order valence-corrected chi connectivity index (χ4v) is 5.13. The summed E-state index contributed by atoms with van der Waals surface area (Å²) in [5.74, 6) is 0.656. The van der Waals surface area contributed by atoms with E-state index in [2.05, 4.69) is 25.6 Å². The van der Waals surface area contributed by atoms with Crippen molar-refractivity contribution in [1.29, 1.82) is 0 Å². The third-order valence-corrected chi connectivity index (χ3v) is 6.72. The van der Waals surface area contributed by atoms with Gasteiger partial charge < -0.3 is 10.5 Å². The smallest absolute Gasteiger partial charge is 0.317 e. The third kappa shape index (κ3) is 3.46. The van der Waals surface area contributed by atoms with E-state index in [9.17, 15) is 4.79 Å². The first-order valence-corrected chi connectivity index (χ1v) is 10.2. The standard InChI is InChI=1S/C23H33NO2/c1-3-18-17-22(2,20(18)13-16-24)26-21(25)23(14-9-4-5-10-15-23)19-11-7-6-8-12-19/h3,6-8,11-12,18,20H,1,4-5,9-10,13-17,24H2,2H3/t18?,20?,22-/m0/s1. The third-order valence-electron chi connectivity index (χ3n) is 6.72. The predicted octanol–water partition coefficient (Wildman–Crippen LogP) is 4.75. The van der Waals surface area contributed by atoms with E-state index < -0.39 is 11.0 Å². The Bertz CT molecular complexity index is 618. The van der Waals surface area contributed by atoms with Gasteiger partial charge >= 0.3 is 5.97 Å². The molecule has 0 spiro atoms. The molecular weight excluding hydrogens is 322 g/mol. The Morgan fingerprint density at radius 3 is 2.46 bits per heavy atom. The molecule has 0 amide bonds. The first-order valence-electron chi connectivity index (χ1n) is 10.2. The highest BCUT2D eigenvalue weighted by atomic mass is 16.6. The molecule has 0 bridgehead atoms. The summed E-state index contributed by atoms with van der Waals surface area (Å²) in [6.45, 7) is 6.64. The van der Waals surface area contributed by atoms with E-state index in [4.69, 9.17) is 10.5 Å². The van der Waals surface area contributed by atoms with Crippen molar-refractivity contribution in [3.05, 3.63) is 48.6 Å². The van der Waals surface area contributed by atoms with Crippen LogP contribution in [0.4, 0.5) is 0 Å². The lowest BCUT2D eigenvalue weighted by molar-refractivity contribution is -0.194. The van der Waals surface area contributed by atoms with E-state index in [0.717, 1.165) is 44.1 Å². The van der Waals surface area contributed by atoms with Crippen molar-refractivity contribution >= 4 is 5.97 Å². The van der Waals surface area contributed by atoms with E-state index in [0.29, 0.717) is 12.5 Å².